The fourth-order valence-electron chi connectivity index (χ4n) is 3.40. The number of aromatic nitrogens is 2. The van der Waals surface area contributed by atoms with E-state index in [-0.39, 0.29) is 12.0 Å². The molecule has 2 aromatic rings. The van der Waals surface area contributed by atoms with Gasteiger partial charge in [-0.1, -0.05) is 0 Å². The zero-order valence-corrected chi connectivity index (χ0v) is 15.2. The average Bonchev–Trinajstić information content (AvgIpc) is 3.18. The zero-order chi connectivity index (χ0) is 19.0. The number of benzene rings is 1. The van der Waals surface area contributed by atoms with Crippen LogP contribution < -0.4 is 20.3 Å². The number of nitrogens with one attached hydrogen (secondary N) is 3. The van der Waals surface area contributed by atoms with Crippen molar-refractivity contribution < 1.29 is 19.1 Å². The molecule has 0 aliphatic carbocycles. The van der Waals surface area contributed by atoms with Crippen LogP contribution >= 0.6 is 0 Å². The van der Waals surface area contributed by atoms with E-state index >= 15 is 0 Å². The number of ether oxygens (including phenoxy) is 2. The molecule has 2 amide bonds. The van der Waals surface area contributed by atoms with Gasteiger partial charge in [0.25, 0.3) is 0 Å². The van der Waals surface area contributed by atoms with E-state index in [1.54, 1.807) is 4.90 Å². The number of anilines is 2. The Kier molecular flexibility index (Phi) is 4.35. The number of carbonyl (C=O) groups excluding carboxylic acids is 2. The van der Waals surface area contributed by atoms with E-state index in [1.807, 2.05) is 25.2 Å². The van der Waals surface area contributed by atoms with Crippen LogP contribution in [-0.4, -0.2) is 55.0 Å². The lowest BCUT2D eigenvalue weighted by Crippen LogP contribution is -2.33. The molecule has 1 aromatic carbocycles. The van der Waals surface area contributed by atoms with Crippen LogP contribution in [0.1, 0.15) is 12.5 Å². The normalized spacial score (nSPS) is 18.1. The fraction of sp³-hybridized carbons (Fsp3) is 0.389. The van der Waals surface area contributed by atoms with Gasteiger partial charge in [-0.2, -0.15) is 5.10 Å². The first-order valence-electron chi connectivity index (χ1n) is 8.81. The number of hydrogen-bond donors (Lipinski definition) is 3. The molecule has 9 heteroatoms. The number of carbonyl (C=O) groups is 2. The maximum absolute atomic E-state index is 12.2. The largest absolute Gasteiger partial charge is 0.492 e. The van der Waals surface area contributed by atoms with Gasteiger partial charge in [-0.25, -0.2) is 4.79 Å². The van der Waals surface area contributed by atoms with Crippen LogP contribution in [0.4, 0.5) is 16.3 Å². The van der Waals surface area contributed by atoms with Gasteiger partial charge in [-0.05, 0) is 12.1 Å². The minimum atomic E-state index is -0.432. The van der Waals surface area contributed by atoms with Crippen molar-refractivity contribution in [3.63, 3.8) is 0 Å². The first-order valence-corrected chi connectivity index (χ1v) is 8.81. The Balaban J connectivity index is 1.59. The third kappa shape index (κ3) is 3.16. The zero-order valence-electron chi connectivity index (χ0n) is 15.2. The summed E-state index contributed by atoms with van der Waals surface area (Å²) in [4.78, 5) is 24.8. The Labute approximate surface area is 156 Å². The van der Waals surface area contributed by atoms with Gasteiger partial charge >= 0.3 is 6.09 Å². The predicted octanol–water partition coefficient (Wildman–Crippen LogP) is 1.51. The van der Waals surface area contributed by atoms with Gasteiger partial charge in [0.2, 0.25) is 5.91 Å². The van der Waals surface area contributed by atoms with Crippen LogP contribution in [0.3, 0.4) is 0 Å². The van der Waals surface area contributed by atoms with E-state index in [4.69, 9.17) is 9.47 Å². The van der Waals surface area contributed by atoms with Crippen LogP contribution in [0.25, 0.3) is 11.3 Å². The van der Waals surface area contributed by atoms with Crippen molar-refractivity contribution in [1.82, 2.24) is 15.5 Å². The summed E-state index contributed by atoms with van der Waals surface area (Å²) >= 11 is 0. The topological polar surface area (TPSA) is 109 Å². The molecule has 1 unspecified atom stereocenters. The Morgan fingerprint density at radius 2 is 2.30 bits per heavy atom. The second-order valence-corrected chi connectivity index (χ2v) is 6.51. The van der Waals surface area contributed by atoms with Crippen LogP contribution in [0, 0.1) is 0 Å². The van der Waals surface area contributed by atoms with Gasteiger partial charge in [-0.3, -0.25) is 14.8 Å². The molecule has 1 fully saturated rings. The molecule has 0 radical (unpaired) electrons. The monoisotopic (exact) mass is 371 g/mol. The third-order valence-corrected chi connectivity index (χ3v) is 4.71. The number of cyclic esters (lactones) is 1. The summed E-state index contributed by atoms with van der Waals surface area (Å²) < 4.78 is 11.2. The molecule has 0 bridgehead atoms. The molecule has 27 heavy (non-hydrogen) atoms. The lowest BCUT2D eigenvalue weighted by molar-refractivity contribution is -0.119. The van der Waals surface area contributed by atoms with Crippen molar-refractivity contribution in [2.45, 2.75) is 19.4 Å². The number of fused-ring (bicyclic) bond motifs is 3. The van der Waals surface area contributed by atoms with Crippen molar-refractivity contribution in [1.29, 1.82) is 0 Å². The van der Waals surface area contributed by atoms with E-state index < -0.39 is 6.09 Å². The maximum Gasteiger partial charge on any atom is 0.414 e. The second-order valence-electron chi connectivity index (χ2n) is 6.51. The number of rotatable bonds is 4. The number of amides is 2. The minimum absolute atomic E-state index is 0.153. The summed E-state index contributed by atoms with van der Waals surface area (Å²) in [5.74, 6) is 1.35. The summed E-state index contributed by atoms with van der Waals surface area (Å²) in [5, 5.41) is 13.1. The minimum Gasteiger partial charge on any atom is -0.492 e. The SMILES string of the molecule is CNc1n[nH]c2c1CCOc1cc(N3CC(CNC(C)=O)OC3=O)ccc1-2. The smallest absolute Gasteiger partial charge is 0.414 e. The van der Waals surface area contributed by atoms with Crippen LogP contribution in [0.15, 0.2) is 18.2 Å². The van der Waals surface area contributed by atoms with Gasteiger partial charge in [0.15, 0.2) is 5.82 Å². The van der Waals surface area contributed by atoms with Crippen LogP contribution in [0.5, 0.6) is 5.75 Å². The van der Waals surface area contributed by atoms with Crippen LogP contribution in [0.2, 0.25) is 0 Å². The fourth-order valence-corrected chi connectivity index (χ4v) is 3.40. The van der Waals surface area contributed by atoms with Gasteiger partial charge in [0.1, 0.15) is 11.9 Å². The molecule has 0 saturated carbocycles. The molecule has 2 aliphatic heterocycles. The van der Waals surface area contributed by atoms with Gasteiger partial charge in [-0.15, -0.1) is 0 Å². The van der Waals surface area contributed by atoms with Gasteiger partial charge in [0.05, 0.1) is 31.1 Å². The molecular formula is C18H21N5O4. The molecule has 0 spiro atoms. The Hall–Kier alpha value is -3.23. The summed E-state index contributed by atoms with van der Waals surface area (Å²) in [6.07, 6.45) is -0.0755. The highest BCUT2D eigenvalue weighted by molar-refractivity contribution is 5.91. The van der Waals surface area contributed by atoms with E-state index in [0.717, 1.165) is 29.1 Å². The lowest BCUT2D eigenvalue weighted by atomic mass is 10.0. The molecule has 142 valence electrons. The van der Waals surface area contributed by atoms with E-state index in [0.29, 0.717) is 31.1 Å². The molecular weight excluding hydrogens is 350 g/mol. The van der Waals surface area contributed by atoms with Crippen molar-refractivity contribution in [3.8, 4) is 17.0 Å². The third-order valence-electron chi connectivity index (χ3n) is 4.71. The molecule has 1 saturated heterocycles. The Morgan fingerprint density at radius 3 is 3.07 bits per heavy atom. The van der Waals surface area contributed by atoms with Gasteiger partial charge < -0.3 is 20.1 Å². The number of aromatic amines is 1. The highest BCUT2D eigenvalue weighted by atomic mass is 16.6. The van der Waals surface area contributed by atoms with Crippen LogP contribution in [-0.2, 0) is 16.0 Å². The summed E-state index contributed by atoms with van der Waals surface area (Å²) in [7, 11) is 1.84. The first kappa shape index (κ1) is 17.2. The van der Waals surface area contributed by atoms with Crippen molar-refractivity contribution in [3.05, 3.63) is 23.8 Å². The second kappa shape index (κ2) is 6.82. The number of hydrogen-bond acceptors (Lipinski definition) is 6. The predicted molar refractivity (Wildman–Crippen MR) is 99.1 cm³/mol. The molecule has 4 rings (SSSR count). The molecule has 1 aromatic heterocycles. The summed E-state index contributed by atoms with van der Waals surface area (Å²) in [5.41, 5.74) is 3.61. The Morgan fingerprint density at radius 1 is 1.44 bits per heavy atom. The molecule has 2 aliphatic rings. The quantitative estimate of drug-likeness (QED) is 0.752. The molecule has 9 nitrogen and oxygen atoms in total. The summed E-state index contributed by atoms with van der Waals surface area (Å²) in [6.45, 7) is 2.62. The van der Waals surface area contributed by atoms with Gasteiger partial charge in [0, 0.05) is 37.6 Å². The first-order chi connectivity index (χ1) is 13.1. The maximum atomic E-state index is 12.2. The average molecular weight is 371 g/mol. The number of nitrogens with zero attached hydrogens (tertiary/aromatic N) is 2. The Bertz CT molecular complexity index is 894. The highest BCUT2D eigenvalue weighted by Gasteiger charge is 2.33. The number of H-pyrrole nitrogens is 1. The molecule has 1 atom stereocenters. The van der Waals surface area contributed by atoms with E-state index in [2.05, 4.69) is 20.8 Å². The molecule has 3 heterocycles. The lowest BCUT2D eigenvalue weighted by Gasteiger charge is -2.16. The van der Waals surface area contributed by atoms with Crippen molar-refractivity contribution >= 4 is 23.5 Å². The standard InChI is InChI=1S/C18H21N5O4/c1-10(24)20-8-12-9-23(18(25)27-12)11-3-4-13-15(7-11)26-6-5-14-16(13)21-22-17(14)19-2/h3-4,7,12H,5-6,8-9H2,1-2H3,(H,20,24)(H2,19,21,22). The van der Waals surface area contributed by atoms with Crippen molar-refractivity contribution in [2.75, 3.05) is 37.0 Å². The molecule has 3 N–H and O–H groups in total. The van der Waals surface area contributed by atoms with Crippen molar-refractivity contribution in [2.24, 2.45) is 0 Å². The van der Waals surface area contributed by atoms with E-state index in [9.17, 15) is 9.59 Å². The highest BCUT2D eigenvalue weighted by Crippen LogP contribution is 2.39. The summed E-state index contributed by atoms with van der Waals surface area (Å²) in [6, 6.07) is 5.62. The van der Waals surface area contributed by atoms with E-state index in [1.165, 1.54) is 6.92 Å².